The van der Waals surface area contributed by atoms with Crippen molar-refractivity contribution in [2.45, 2.75) is 32.2 Å². The lowest BCUT2D eigenvalue weighted by atomic mass is 10.0. The minimum absolute atomic E-state index is 0.0166. The fourth-order valence-corrected chi connectivity index (χ4v) is 1.84. The number of carboxylic acid groups (broad SMARTS) is 1. The van der Waals surface area contributed by atoms with Crippen LogP contribution in [0.5, 0.6) is 0 Å². The van der Waals surface area contributed by atoms with Gasteiger partial charge in [0.2, 0.25) is 5.91 Å². The molecule has 1 heterocycles. The van der Waals surface area contributed by atoms with Crippen LogP contribution in [0.2, 0.25) is 0 Å². The van der Waals surface area contributed by atoms with Crippen molar-refractivity contribution in [1.29, 1.82) is 0 Å². The van der Waals surface area contributed by atoms with E-state index in [4.69, 9.17) is 5.11 Å². The zero-order valence-corrected chi connectivity index (χ0v) is 9.73. The molecular formula is C10H17N3O4. The number of carbonyl (C=O) groups excluding carboxylic acids is 2. The van der Waals surface area contributed by atoms with Crippen molar-refractivity contribution in [2.24, 2.45) is 0 Å². The molecule has 96 valence electrons. The van der Waals surface area contributed by atoms with E-state index in [0.29, 0.717) is 13.0 Å². The molecule has 1 aliphatic heterocycles. The number of nitrogens with zero attached hydrogens (tertiary/aromatic N) is 1. The van der Waals surface area contributed by atoms with Crippen LogP contribution >= 0.6 is 0 Å². The second kappa shape index (κ2) is 6.19. The molecule has 1 atom stereocenters. The maximum absolute atomic E-state index is 11.4. The summed E-state index contributed by atoms with van der Waals surface area (Å²) >= 11 is 0. The number of hydrogen-bond donors (Lipinski definition) is 3. The van der Waals surface area contributed by atoms with E-state index in [-0.39, 0.29) is 12.5 Å². The maximum Gasteiger partial charge on any atom is 0.320 e. The molecule has 0 aliphatic carbocycles. The smallest absolute Gasteiger partial charge is 0.320 e. The van der Waals surface area contributed by atoms with Crippen LogP contribution in [-0.4, -0.2) is 46.9 Å². The van der Waals surface area contributed by atoms with Gasteiger partial charge in [-0.1, -0.05) is 6.42 Å². The number of amides is 2. The topological polar surface area (TPSA) is 98.7 Å². The molecule has 1 unspecified atom stereocenters. The fourth-order valence-electron chi connectivity index (χ4n) is 1.84. The largest absolute Gasteiger partial charge is 0.480 e. The number of carbonyl (C=O) groups is 3. The molecule has 1 aliphatic rings. The van der Waals surface area contributed by atoms with Crippen molar-refractivity contribution in [3.05, 3.63) is 0 Å². The van der Waals surface area contributed by atoms with Crippen molar-refractivity contribution in [3.63, 3.8) is 0 Å². The summed E-state index contributed by atoms with van der Waals surface area (Å²) in [6.45, 7) is 1.85. The number of aliphatic carboxylic acids is 1. The van der Waals surface area contributed by atoms with Crippen molar-refractivity contribution in [1.82, 2.24) is 15.8 Å². The first-order chi connectivity index (χ1) is 8.00. The Morgan fingerprint density at radius 3 is 2.59 bits per heavy atom. The molecule has 0 spiro atoms. The van der Waals surface area contributed by atoms with Gasteiger partial charge in [0.05, 0.1) is 6.54 Å². The highest BCUT2D eigenvalue weighted by Crippen LogP contribution is 2.16. The van der Waals surface area contributed by atoms with Crippen LogP contribution < -0.4 is 10.9 Å². The Kier molecular flexibility index (Phi) is 4.89. The molecule has 1 fully saturated rings. The molecule has 17 heavy (non-hydrogen) atoms. The SMILES string of the molecule is CC(=O)NNC(=O)CN1CCCCC1C(=O)O. The maximum atomic E-state index is 11.4. The van der Waals surface area contributed by atoms with Gasteiger partial charge >= 0.3 is 5.97 Å². The van der Waals surface area contributed by atoms with Crippen LogP contribution in [0.25, 0.3) is 0 Å². The molecule has 1 rings (SSSR count). The quantitative estimate of drug-likeness (QED) is 0.557. The lowest BCUT2D eigenvalue weighted by Gasteiger charge is -2.32. The molecule has 0 bridgehead atoms. The number of nitrogens with one attached hydrogen (secondary N) is 2. The predicted molar refractivity (Wildman–Crippen MR) is 58.8 cm³/mol. The van der Waals surface area contributed by atoms with Gasteiger partial charge in [-0.05, 0) is 19.4 Å². The average molecular weight is 243 g/mol. The molecule has 7 nitrogen and oxygen atoms in total. The van der Waals surface area contributed by atoms with Gasteiger partial charge < -0.3 is 5.11 Å². The molecule has 0 aromatic rings. The number of hydrogen-bond acceptors (Lipinski definition) is 4. The third-order valence-corrected chi connectivity index (χ3v) is 2.62. The first-order valence-electron chi connectivity index (χ1n) is 5.53. The molecule has 3 N–H and O–H groups in total. The van der Waals surface area contributed by atoms with Gasteiger partial charge in [-0.2, -0.15) is 0 Å². The fraction of sp³-hybridized carbons (Fsp3) is 0.700. The van der Waals surface area contributed by atoms with Crippen LogP contribution in [0.4, 0.5) is 0 Å². The molecule has 0 radical (unpaired) electrons. The van der Waals surface area contributed by atoms with Crippen LogP contribution in [0.1, 0.15) is 26.2 Å². The Morgan fingerprint density at radius 2 is 2.00 bits per heavy atom. The third-order valence-electron chi connectivity index (χ3n) is 2.62. The summed E-state index contributed by atoms with van der Waals surface area (Å²) in [5.74, 6) is -1.68. The third kappa shape index (κ3) is 4.39. The Labute approximate surface area is 99.1 Å². The minimum atomic E-state index is -0.906. The summed E-state index contributed by atoms with van der Waals surface area (Å²) in [6.07, 6.45) is 2.31. The van der Waals surface area contributed by atoms with Crippen LogP contribution in [-0.2, 0) is 14.4 Å². The normalized spacial score (nSPS) is 20.6. The van der Waals surface area contributed by atoms with Gasteiger partial charge in [0.1, 0.15) is 6.04 Å². The van der Waals surface area contributed by atoms with Crippen LogP contribution in [0, 0.1) is 0 Å². The van der Waals surface area contributed by atoms with Gasteiger partial charge in [0, 0.05) is 6.92 Å². The highest BCUT2D eigenvalue weighted by Gasteiger charge is 2.29. The Balaban J connectivity index is 2.44. The molecule has 2 amide bonds. The van der Waals surface area contributed by atoms with E-state index in [0.717, 1.165) is 12.8 Å². The number of rotatable bonds is 3. The van der Waals surface area contributed by atoms with E-state index in [2.05, 4.69) is 10.9 Å². The van der Waals surface area contributed by atoms with Gasteiger partial charge in [-0.15, -0.1) is 0 Å². The lowest BCUT2D eigenvalue weighted by molar-refractivity contribution is -0.145. The Hall–Kier alpha value is -1.63. The Morgan fingerprint density at radius 1 is 1.29 bits per heavy atom. The van der Waals surface area contributed by atoms with E-state index in [1.54, 1.807) is 4.90 Å². The second-order valence-electron chi connectivity index (χ2n) is 4.05. The first-order valence-corrected chi connectivity index (χ1v) is 5.53. The minimum Gasteiger partial charge on any atom is -0.480 e. The summed E-state index contributed by atoms with van der Waals surface area (Å²) in [5, 5.41) is 9.00. The summed E-state index contributed by atoms with van der Waals surface area (Å²) in [5.41, 5.74) is 4.38. The van der Waals surface area contributed by atoms with E-state index in [9.17, 15) is 14.4 Å². The van der Waals surface area contributed by atoms with E-state index in [1.165, 1.54) is 6.92 Å². The summed E-state index contributed by atoms with van der Waals surface area (Å²) in [6, 6.07) is -0.605. The van der Waals surface area contributed by atoms with E-state index < -0.39 is 17.9 Å². The Bertz CT molecular complexity index is 319. The molecule has 0 aromatic heterocycles. The highest BCUT2D eigenvalue weighted by atomic mass is 16.4. The summed E-state index contributed by atoms with van der Waals surface area (Å²) in [4.78, 5) is 34.6. The second-order valence-corrected chi connectivity index (χ2v) is 4.05. The van der Waals surface area contributed by atoms with Crippen molar-refractivity contribution >= 4 is 17.8 Å². The van der Waals surface area contributed by atoms with Crippen molar-refractivity contribution in [3.8, 4) is 0 Å². The molecular weight excluding hydrogens is 226 g/mol. The molecule has 0 saturated carbocycles. The number of likely N-dealkylation sites (tertiary alicyclic amines) is 1. The van der Waals surface area contributed by atoms with Crippen molar-refractivity contribution < 1.29 is 19.5 Å². The zero-order valence-electron chi connectivity index (χ0n) is 9.73. The molecule has 0 aromatic carbocycles. The number of piperidine rings is 1. The predicted octanol–water partition coefficient (Wildman–Crippen LogP) is -0.907. The van der Waals surface area contributed by atoms with Crippen LogP contribution in [0.3, 0.4) is 0 Å². The van der Waals surface area contributed by atoms with Gasteiger partial charge in [-0.3, -0.25) is 30.1 Å². The molecule has 1 saturated heterocycles. The van der Waals surface area contributed by atoms with E-state index >= 15 is 0 Å². The average Bonchev–Trinajstić information content (AvgIpc) is 2.27. The first kappa shape index (κ1) is 13.4. The lowest BCUT2D eigenvalue weighted by Crippen LogP contribution is -2.51. The number of hydrazine groups is 1. The van der Waals surface area contributed by atoms with Gasteiger partial charge in [-0.25, -0.2) is 0 Å². The van der Waals surface area contributed by atoms with Crippen LogP contribution in [0.15, 0.2) is 0 Å². The summed E-state index contributed by atoms with van der Waals surface area (Å²) < 4.78 is 0. The standard InChI is InChI=1S/C10H17N3O4/c1-7(14)11-12-9(15)6-13-5-3-2-4-8(13)10(16)17/h8H,2-6H2,1H3,(H,11,14)(H,12,15)(H,16,17). The zero-order chi connectivity index (χ0) is 12.8. The monoisotopic (exact) mass is 243 g/mol. The highest BCUT2D eigenvalue weighted by molar-refractivity contribution is 5.82. The molecule has 7 heteroatoms. The van der Waals surface area contributed by atoms with Gasteiger partial charge in [0.15, 0.2) is 0 Å². The number of carboxylic acids is 1. The van der Waals surface area contributed by atoms with Crippen molar-refractivity contribution in [2.75, 3.05) is 13.1 Å². The van der Waals surface area contributed by atoms with E-state index in [1.807, 2.05) is 0 Å². The van der Waals surface area contributed by atoms with Gasteiger partial charge in [0.25, 0.3) is 5.91 Å². The summed E-state index contributed by atoms with van der Waals surface area (Å²) in [7, 11) is 0.